The van der Waals surface area contributed by atoms with Crippen LogP contribution in [-0.4, -0.2) is 60.2 Å². The van der Waals surface area contributed by atoms with E-state index in [1.807, 2.05) is 11.8 Å². The largest absolute Gasteiger partial charge is 0.381 e. The van der Waals surface area contributed by atoms with E-state index in [0.29, 0.717) is 5.92 Å². The third-order valence-electron chi connectivity index (χ3n) is 4.24. The summed E-state index contributed by atoms with van der Waals surface area (Å²) in [6.07, 6.45) is 1.04. The Balaban J connectivity index is 1.74. The highest BCUT2D eigenvalue weighted by molar-refractivity contribution is 5.73. The molecule has 2 fully saturated rings. The van der Waals surface area contributed by atoms with E-state index >= 15 is 0 Å². The highest BCUT2D eigenvalue weighted by Gasteiger charge is 2.23. The number of piperazine rings is 1. The Morgan fingerprint density at radius 2 is 2.05 bits per heavy atom. The minimum atomic E-state index is 0.150. The topological polar surface area (TPSA) is 58.6 Å². The molecule has 0 bridgehead atoms. The summed E-state index contributed by atoms with van der Waals surface area (Å²) in [5.74, 6) is 2.33. The van der Waals surface area contributed by atoms with Gasteiger partial charge in [-0.2, -0.15) is 0 Å². The maximum absolute atomic E-state index is 11.4. The van der Waals surface area contributed by atoms with Crippen molar-refractivity contribution in [2.45, 2.75) is 26.2 Å². The lowest BCUT2D eigenvalue weighted by atomic mass is 10.0. The molecule has 0 radical (unpaired) electrons. The van der Waals surface area contributed by atoms with E-state index < -0.39 is 0 Å². The number of hydrogen-bond acceptors (Lipinski definition) is 5. The summed E-state index contributed by atoms with van der Waals surface area (Å²) in [5.41, 5.74) is 1.09. The Morgan fingerprint density at radius 3 is 2.67 bits per heavy atom. The number of amides is 1. The Morgan fingerprint density at radius 1 is 1.29 bits per heavy atom. The Kier molecular flexibility index (Phi) is 4.05. The van der Waals surface area contributed by atoms with Crippen LogP contribution < -0.4 is 4.90 Å². The van der Waals surface area contributed by atoms with E-state index in [-0.39, 0.29) is 5.91 Å². The molecule has 6 heteroatoms. The number of carbonyl (C=O) groups excluding carboxylic acids is 1. The van der Waals surface area contributed by atoms with Gasteiger partial charge in [-0.05, 0) is 13.3 Å². The molecule has 0 aliphatic carbocycles. The Hall–Kier alpha value is -1.69. The highest BCUT2D eigenvalue weighted by Crippen LogP contribution is 2.26. The molecule has 0 saturated carbocycles. The lowest BCUT2D eigenvalue weighted by Crippen LogP contribution is -2.48. The van der Waals surface area contributed by atoms with Crippen molar-refractivity contribution in [2.24, 2.45) is 0 Å². The van der Waals surface area contributed by atoms with Gasteiger partial charge in [-0.3, -0.25) is 4.79 Å². The molecular weight excluding hydrogens is 268 g/mol. The standard InChI is InChI=1S/C15H22N4O2/c1-11-16-14(13-3-8-21-10-13)9-15(17-11)19-6-4-18(5-7-19)12(2)20/h9,13H,3-8,10H2,1-2H3. The molecule has 1 amide bonds. The lowest BCUT2D eigenvalue weighted by molar-refractivity contribution is -0.129. The van der Waals surface area contributed by atoms with Crippen LogP contribution in [0.2, 0.25) is 0 Å². The van der Waals surface area contributed by atoms with Gasteiger partial charge < -0.3 is 14.5 Å². The third-order valence-corrected chi connectivity index (χ3v) is 4.24. The SMILES string of the molecule is CC(=O)N1CCN(c2cc(C3CCOC3)nc(C)n2)CC1. The first-order valence-electron chi connectivity index (χ1n) is 7.57. The van der Waals surface area contributed by atoms with Crippen molar-refractivity contribution in [3.05, 3.63) is 17.6 Å². The fourth-order valence-electron chi connectivity index (χ4n) is 2.96. The van der Waals surface area contributed by atoms with Gasteiger partial charge >= 0.3 is 0 Å². The summed E-state index contributed by atoms with van der Waals surface area (Å²) in [6, 6.07) is 2.09. The number of ether oxygens (including phenoxy) is 1. The minimum Gasteiger partial charge on any atom is -0.381 e. The van der Waals surface area contributed by atoms with Crippen molar-refractivity contribution in [1.29, 1.82) is 0 Å². The maximum atomic E-state index is 11.4. The van der Waals surface area contributed by atoms with Crippen molar-refractivity contribution in [1.82, 2.24) is 14.9 Å². The number of aryl methyl sites for hydroxylation is 1. The van der Waals surface area contributed by atoms with Crippen LogP contribution in [0.4, 0.5) is 5.82 Å². The van der Waals surface area contributed by atoms with E-state index in [9.17, 15) is 4.79 Å². The van der Waals surface area contributed by atoms with Gasteiger partial charge in [-0.15, -0.1) is 0 Å². The van der Waals surface area contributed by atoms with Gasteiger partial charge in [0.15, 0.2) is 0 Å². The molecular formula is C15H22N4O2. The van der Waals surface area contributed by atoms with Crippen molar-refractivity contribution >= 4 is 11.7 Å². The van der Waals surface area contributed by atoms with E-state index in [1.165, 1.54) is 0 Å². The fourth-order valence-corrected chi connectivity index (χ4v) is 2.96. The zero-order valence-corrected chi connectivity index (χ0v) is 12.7. The maximum Gasteiger partial charge on any atom is 0.219 e. The molecule has 2 aliphatic rings. The van der Waals surface area contributed by atoms with Crippen LogP contribution in [0.3, 0.4) is 0 Å². The minimum absolute atomic E-state index is 0.150. The molecule has 2 aliphatic heterocycles. The molecule has 3 rings (SSSR count). The first-order valence-corrected chi connectivity index (χ1v) is 7.57. The van der Waals surface area contributed by atoms with E-state index in [0.717, 1.165) is 63.1 Å². The second-order valence-corrected chi connectivity index (χ2v) is 5.75. The molecule has 0 spiro atoms. The summed E-state index contributed by atoms with van der Waals surface area (Å²) in [5, 5.41) is 0. The number of rotatable bonds is 2. The van der Waals surface area contributed by atoms with Crippen LogP contribution in [-0.2, 0) is 9.53 Å². The normalized spacial score (nSPS) is 22.7. The van der Waals surface area contributed by atoms with Gasteiger partial charge in [0.05, 0.1) is 12.3 Å². The van der Waals surface area contributed by atoms with Crippen LogP contribution in [0.15, 0.2) is 6.07 Å². The fraction of sp³-hybridized carbons (Fsp3) is 0.667. The number of carbonyl (C=O) groups is 1. The molecule has 6 nitrogen and oxygen atoms in total. The second-order valence-electron chi connectivity index (χ2n) is 5.75. The molecule has 21 heavy (non-hydrogen) atoms. The van der Waals surface area contributed by atoms with Crippen LogP contribution >= 0.6 is 0 Å². The van der Waals surface area contributed by atoms with Crippen molar-refractivity contribution in [2.75, 3.05) is 44.3 Å². The average Bonchev–Trinajstić information content (AvgIpc) is 3.01. The van der Waals surface area contributed by atoms with Gasteiger partial charge in [-0.1, -0.05) is 0 Å². The van der Waals surface area contributed by atoms with Gasteiger partial charge in [0, 0.05) is 51.7 Å². The zero-order valence-electron chi connectivity index (χ0n) is 12.7. The van der Waals surface area contributed by atoms with Gasteiger partial charge in [-0.25, -0.2) is 9.97 Å². The Bertz CT molecular complexity index is 520. The van der Waals surface area contributed by atoms with Gasteiger partial charge in [0.1, 0.15) is 11.6 Å². The number of nitrogens with zero attached hydrogens (tertiary/aromatic N) is 4. The van der Waals surface area contributed by atoms with Crippen molar-refractivity contribution in [3.63, 3.8) is 0 Å². The van der Waals surface area contributed by atoms with Crippen molar-refractivity contribution < 1.29 is 9.53 Å². The molecule has 1 aromatic rings. The predicted octanol–water partition coefficient (Wildman–Crippen LogP) is 0.957. The molecule has 1 atom stereocenters. The van der Waals surface area contributed by atoms with Crippen LogP contribution in [0.1, 0.15) is 30.8 Å². The smallest absolute Gasteiger partial charge is 0.219 e. The quantitative estimate of drug-likeness (QED) is 0.812. The van der Waals surface area contributed by atoms with Crippen LogP contribution in [0, 0.1) is 6.92 Å². The number of anilines is 1. The van der Waals surface area contributed by atoms with E-state index in [1.54, 1.807) is 6.92 Å². The lowest BCUT2D eigenvalue weighted by Gasteiger charge is -2.35. The van der Waals surface area contributed by atoms with Gasteiger partial charge in [0.2, 0.25) is 5.91 Å². The monoisotopic (exact) mass is 290 g/mol. The van der Waals surface area contributed by atoms with Crippen molar-refractivity contribution in [3.8, 4) is 0 Å². The van der Waals surface area contributed by atoms with E-state index in [2.05, 4.69) is 20.9 Å². The summed E-state index contributed by atoms with van der Waals surface area (Å²) in [6.45, 7) is 8.33. The zero-order chi connectivity index (χ0) is 14.8. The van der Waals surface area contributed by atoms with Gasteiger partial charge in [0.25, 0.3) is 0 Å². The van der Waals surface area contributed by atoms with Crippen LogP contribution in [0.5, 0.6) is 0 Å². The first-order chi connectivity index (χ1) is 10.1. The molecule has 1 aromatic heterocycles. The summed E-state index contributed by atoms with van der Waals surface area (Å²) in [7, 11) is 0. The second kappa shape index (κ2) is 5.97. The van der Waals surface area contributed by atoms with E-state index in [4.69, 9.17) is 4.74 Å². The summed E-state index contributed by atoms with van der Waals surface area (Å²) >= 11 is 0. The molecule has 1 unspecified atom stereocenters. The molecule has 114 valence electrons. The average molecular weight is 290 g/mol. The molecule has 3 heterocycles. The molecule has 0 aromatic carbocycles. The summed E-state index contributed by atoms with van der Waals surface area (Å²) in [4.78, 5) is 24.7. The number of aromatic nitrogens is 2. The summed E-state index contributed by atoms with van der Waals surface area (Å²) < 4.78 is 5.46. The van der Waals surface area contributed by atoms with Crippen LogP contribution in [0.25, 0.3) is 0 Å². The predicted molar refractivity (Wildman–Crippen MR) is 79.4 cm³/mol. The first kappa shape index (κ1) is 14.3. The highest BCUT2D eigenvalue weighted by atomic mass is 16.5. The Labute approximate surface area is 125 Å². The number of hydrogen-bond donors (Lipinski definition) is 0. The molecule has 2 saturated heterocycles. The third kappa shape index (κ3) is 3.15. The molecule has 0 N–H and O–H groups in total.